The zero-order valence-corrected chi connectivity index (χ0v) is 18.0. The lowest BCUT2D eigenvalue weighted by Gasteiger charge is -2.09. The Morgan fingerprint density at radius 2 is 1.52 bits per heavy atom. The largest absolute Gasteiger partial charge is 0.390 e. The van der Waals surface area contributed by atoms with Crippen molar-refractivity contribution in [2.24, 2.45) is 0 Å². The zero-order valence-electron chi connectivity index (χ0n) is 16.4. The van der Waals surface area contributed by atoms with Crippen molar-refractivity contribution in [2.75, 3.05) is 4.72 Å². The molecule has 6 nitrogen and oxygen atoms in total. The minimum atomic E-state index is -3.87. The van der Waals surface area contributed by atoms with Crippen LogP contribution >= 0.6 is 11.6 Å². The maximum absolute atomic E-state index is 13.0. The summed E-state index contributed by atoms with van der Waals surface area (Å²) in [7, 11) is -3.87. The Balaban J connectivity index is 1.83. The third-order valence-electron chi connectivity index (χ3n) is 4.80. The first-order valence-electron chi connectivity index (χ1n) is 9.56. The molecule has 0 radical (unpaired) electrons. The second-order valence-corrected chi connectivity index (χ2v) is 9.02. The quantitative estimate of drug-likeness (QED) is 0.430. The number of aliphatic hydroxyl groups excluding tert-OH is 1. The second-order valence-electron chi connectivity index (χ2n) is 6.90. The van der Waals surface area contributed by atoms with Gasteiger partial charge in [0.2, 0.25) is 0 Å². The highest BCUT2D eigenvalue weighted by Crippen LogP contribution is 2.34. The summed E-state index contributed by atoms with van der Waals surface area (Å²) in [4.78, 5) is 0.125. The van der Waals surface area contributed by atoms with Crippen molar-refractivity contribution >= 4 is 27.4 Å². The van der Waals surface area contributed by atoms with Gasteiger partial charge >= 0.3 is 0 Å². The van der Waals surface area contributed by atoms with Gasteiger partial charge in [-0.3, -0.25) is 9.40 Å². The number of rotatable bonds is 7. The van der Waals surface area contributed by atoms with Crippen LogP contribution in [0.15, 0.2) is 89.8 Å². The van der Waals surface area contributed by atoms with E-state index in [0.717, 1.165) is 5.56 Å². The molecule has 0 spiro atoms. The molecule has 0 aliphatic rings. The Morgan fingerprint density at radius 3 is 2.13 bits per heavy atom. The van der Waals surface area contributed by atoms with E-state index in [4.69, 9.17) is 11.6 Å². The van der Waals surface area contributed by atoms with Gasteiger partial charge in [0.1, 0.15) is 0 Å². The van der Waals surface area contributed by atoms with Crippen molar-refractivity contribution in [3.63, 3.8) is 0 Å². The highest BCUT2D eigenvalue weighted by Gasteiger charge is 2.24. The molecule has 1 heterocycles. The standard InChI is InChI=1S/C23H20ClN3O3S/c24-19-13-11-18(12-14-19)22-21(16-28)27(15-17-7-3-1-4-8-17)25-23(22)26-31(29,30)20-9-5-2-6-10-20/h1-14,28H,15-16H2,(H,25,26). The number of nitrogens with zero attached hydrogens (tertiary/aromatic N) is 2. The van der Waals surface area contributed by atoms with Crippen LogP contribution in [0.25, 0.3) is 11.1 Å². The van der Waals surface area contributed by atoms with Crippen LogP contribution in [0.1, 0.15) is 11.3 Å². The number of hydrogen-bond acceptors (Lipinski definition) is 4. The maximum Gasteiger partial charge on any atom is 0.263 e. The summed E-state index contributed by atoms with van der Waals surface area (Å²) in [5.41, 5.74) is 2.67. The number of benzene rings is 3. The third kappa shape index (κ3) is 4.64. The van der Waals surface area contributed by atoms with Gasteiger partial charge in [-0.25, -0.2) is 8.42 Å². The number of nitrogens with one attached hydrogen (secondary N) is 1. The molecule has 0 amide bonds. The highest BCUT2D eigenvalue weighted by atomic mass is 35.5. The minimum Gasteiger partial charge on any atom is -0.390 e. The molecule has 1 aromatic heterocycles. The zero-order chi connectivity index (χ0) is 21.8. The van der Waals surface area contributed by atoms with Gasteiger partial charge in [0.05, 0.1) is 29.3 Å². The van der Waals surface area contributed by atoms with E-state index in [1.807, 2.05) is 30.3 Å². The van der Waals surface area contributed by atoms with Crippen molar-refractivity contribution in [3.05, 3.63) is 101 Å². The lowest BCUT2D eigenvalue weighted by atomic mass is 10.1. The Bertz CT molecular complexity index is 1270. The number of hydrogen-bond donors (Lipinski definition) is 2. The van der Waals surface area contributed by atoms with Crippen LogP contribution in [0.5, 0.6) is 0 Å². The van der Waals surface area contributed by atoms with E-state index in [1.54, 1.807) is 47.1 Å². The van der Waals surface area contributed by atoms with E-state index in [-0.39, 0.29) is 17.3 Å². The summed E-state index contributed by atoms with van der Waals surface area (Å²) >= 11 is 6.03. The molecule has 4 rings (SSSR count). The molecule has 3 aromatic carbocycles. The number of sulfonamides is 1. The molecular formula is C23H20ClN3O3S. The van der Waals surface area contributed by atoms with Crippen LogP contribution in [-0.2, 0) is 23.2 Å². The van der Waals surface area contributed by atoms with E-state index >= 15 is 0 Å². The average Bonchev–Trinajstić information content (AvgIpc) is 3.11. The van der Waals surface area contributed by atoms with Gasteiger partial charge in [0.25, 0.3) is 10.0 Å². The highest BCUT2D eigenvalue weighted by molar-refractivity contribution is 7.92. The van der Waals surface area contributed by atoms with Crippen LogP contribution < -0.4 is 4.72 Å². The monoisotopic (exact) mass is 453 g/mol. The van der Waals surface area contributed by atoms with Crippen molar-refractivity contribution in [3.8, 4) is 11.1 Å². The van der Waals surface area contributed by atoms with E-state index in [0.29, 0.717) is 28.4 Å². The van der Waals surface area contributed by atoms with Crippen molar-refractivity contribution in [1.29, 1.82) is 0 Å². The summed E-state index contributed by atoms with van der Waals surface area (Å²) in [6.07, 6.45) is 0. The van der Waals surface area contributed by atoms with E-state index in [1.165, 1.54) is 12.1 Å². The molecular weight excluding hydrogens is 434 g/mol. The van der Waals surface area contributed by atoms with Crippen molar-refractivity contribution < 1.29 is 13.5 Å². The van der Waals surface area contributed by atoms with E-state index in [2.05, 4.69) is 9.82 Å². The van der Waals surface area contributed by atoms with Gasteiger partial charge in [-0.1, -0.05) is 72.3 Å². The summed E-state index contributed by atoms with van der Waals surface area (Å²) in [5.74, 6) is 0.145. The van der Waals surface area contributed by atoms with Gasteiger partial charge in [-0.05, 0) is 35.4 Å². The second kappa shape index (κ2) is 8.93. The van der Waals surface area contributed by atoms with Crippen LogP contribution in [-0.4, -0.2) is 23.3 Å². The first kappa shape index (κ1) is 21.1. The Kier molecular flexibility index (Phi) is 6.08. The van der Waals surface area contributed by atoms with Crippen molar-refractivity contribution in [2.45, 2.75) is 18.0 Å². The number of aliphatic hydroxyl groups is 1. The van der Waals surface area contributed by atoms with E-state index < -0.39 is 10.0 Å². The molecule has 0 bridgehead atoms. The normalized spacial score (nSPS) is 11.4. The number of halogens is 1. The molecule has 0 saturated carbocycles. The SMILES string of the molecule is O=S(=O)(Nc1nn(Cc2ccccc2)c(CO)c1-c1ccc(Cl)cc1)c1ccccc1. The number of aromatic nitrogens is 2. The van der Waals surface area contributed by atoms with Crippen molar-refractivity contribution in [1.82, 2.24) is 9.78 Å². The summed E-state index contributed by atoms with van der Waals surface area (Å²) < 4.78 is 30.1. The molecule has 158 valence electrons. The number of anilines is 1. The van der Waals surface area contributed by atoms with Gasteiger partial charge in [-0.15, -0.1) is 0 Å². The molecule has 4 aromatic rings. The Labute approximate surface area is 185 Å². The fourth-order valence-electron chi connectivity index (χ4n) is 3.32. The average molecular weight is 454 g/mol. The molecule has 31 heavy (non-hydrogen) atoms. The topological polar surface area (TPSA) is 84.2 Å². The van der Waals surface area contributed by atoms with Crippen LogP contribution in [0.3, 0.4) is 0 Å². The molecule has 0 fully saturated rings. The lowest BCUT2D eigenvalue weighted by Crippen LogP contribution is -2.14. The molecule has 2 N–H and O–H groups in total. The third-order valence-corrected chi connectivity index (χ3v) is 6.41. The summed E-state index contributed by atoms with van der Waals surface area (Å²) in [6.45, 7) is 0.0647. The first-order chi connectivity index (χ1) is 15.0. The van der Waals surface area contributed by atoms with Crippen LogP contribution in [0, 0.1) is 0 Å². The smallest absolute Gasteiger partial charge is 0.263 e. The first-order valence-corrected chi connectivity index (χ1v) is 11.4. The van der Waals surface area contributed by atoms with E-state index in [9.17, 15) is 13.5 Å². The minimum absolute atomic E-state index is 0.125. The molecule has 0 atom stereocenters. The molecule has 0 unspecified atom stereocenters. The van der Waals surface area contributed by atoms with Gasteiger partial charge in [0.15, 0.2) is 5.82 Å². The Hall–Kier alpha value is -3.13. The van der Waals surface area contributed by atoms with Gasteiger partial charge < -0.3 is 5.11 Å². The fraction of sp³-hybridized carbons (Fsp3) is 0.0870. The molecule has 0 aliphatic carbocycles. The summed E-state index contributed by atoms with van der Waals surface area (Å²) in [5, 5.41) is 15.2. The van der Waals surface area contributed by atoms with Gasteiger partial charge in [-0.2, -0.15) is 5.10 Å². The maximum atomic E-state index is 13.0. The lowest BCUT2D eigenvalue weighted by molar-refractivity contribution is 0.269. The predicted molar refractivity (Wildman–Crippen MR) is 121 cm³/mol. The molecule has 0 aliphatic heterocycles. The Morgan fingerprint density at radius 1 is 0.903 bits per heavy atom. The molecule has 8 heteroatoms. The fourth-order valence-corrected chi connectivity index (χ4v) is 4.48. The predicted octanol–water partition coefficient (Wildman–Crippen LogP) is 4.54. The molecule has 0 saturated heterocycles. The van der Waals surface area contributed by atoms with Gasteiger partial charge in [0, 0.05) is 5.02 Å². The van der Waals surface area contributed by atoms with Crippen LogP contribution in [0.2, 0.25) is 5.02 Å². The summed E-state index contributed by atoms with van der Waals surface area (Å²) in [6, 6.07) is 24.7. The van der Waals surface area contributed by atoms with Crippen LogP contribution in [0.4, 0.5) is 5.82 Å².